The van der Waals surface area contributed by atoms with E-state index in [9.17, 15) is 4.79 Å². The van der Waals surface area contributed by atoms with Gasteiger partial charge in [-0.25, -0.2) is 0 Å². The van der Waals surface area contributed by atoms with Gasteiger partial charge in [-0.3, -0.25) is 4.79 Å². The third-order valence-electron chi connectivity index (χ3n) is 2.24. The molecule has 0 spiro atoms. The summed E-state index contributed by atoms with van der Waals surface area (Å²) >= 11 is 0. The van der Waals surface area contributed by atoms with Crippen molar-refractivity contribution in [3.05, 3.63) is 0 Å². The largest absolute Gasteiger partial charge is 0.352 e. The van der Waals surface area contributed by atoms with Crippen LogP contribution in [-0.2, 0) is 4.79 Å². The van der Waals surface area contributed by atoms with Crippen LogP contribution in [0.5, 0.6) is 0 Å². The van der Waals surface area contributed by atoms with Gasteiger partial charge in [0.15, 0.2) is 0 Å². The minimum absolute atomic E-state index is 0.237. The van der Waals surface area contributed by atoms with Crippen LogP contribution in [0.1, 0.15) is 27.2 Å². The fourth-order valence-corrected chi connectivity index (χ4v) is 1.51. The number of carbonyl (C=O) groups excluding carboxylic acids is 1. The molecule has 0 aromatic carbocycles. The Morgan fingerprint density at radius 1 is 1.60 bits per heavy atom. The smallest absolute Gasteiger partial charge is 0.225 e. The lowest BCUT2D eigenvalue weighted by molar-refractivity contribution is -0.136. The van der Waals surface area contributed by atoms with Crippen LogP contribution in [0, 0.1) is 11.8 Å². The van der Waals surface area contributed by atoms with Gasteiger partial charge in [-0.2, -0.15) is 0 Å². The molecule has 0 radical (unpaired) electrons. The van der Waals surface area contributed by atoms with E-state index in [1.165, 1.54) is 0 Å². The molecule has 1 amide bonds. The quantitative estimate of drug-likeness (QED) is 0.574. The summed E-state index contributed by atoms with van der Waals surface area (Å²) in [6.45, 7) is 6.36. The monoisotopic (exact) mass is 141 g/mol. The Labute approximate surface area is 62.0 Å². The molecule has 10 heavy (non-hydrogen) atoms. The normalized spacial score (nSPS) is 31.8. The number of carbonyl (C=O) groups is 1. The molecule has 1 saturated heterocycles. The Kier molecular flexibility index (Phi) is 1.97. The summed E-state index contributed by atoms with van der Waals surface area (Å²) in [4.78, 5) is 10.9. The first kappa shape index (κ1) is 7.58. The molecule has 0 unspecified atom stereocenters. The lowest BCUT2D eigenvalue weighted by Gasteiger charge is -2.39. The molecule has 1 aliphatic heterocycles. The second-order valence-corrected chi connectivity index (χ2v) is 3.29. The first-order chi connectivity index (χ1) is 4.66. The zero-order chi connectivity index (χ0) is 7.72. The van der Waals surface area contributed by atoms with Crippen LogP contribution >= 0.6 is 0 Å². The number of hydrogen-bond acceptors (Lipinski definition) is 1. The first-order valence-electron chi connectivity index (χ1n) is 3.97. The Hall–Kier alpha value is -0.530. The summed E-state index contributed by atoms with van der Waals surface area (Å²) in [5, 5.41) is 2.90. The molecule has 0 saturated carbocycles. The fourth-order valence-electron chi connectivity index (χ4n) is 1.51. The van der Waals surface area contributed by atoms with Gasteiger partial charge in [0.2, 0.25) is 5.91 Å². The Balaban J connectivity index is 2.45. The molecular formula is C8H15NO. The zero-order valence-corrected chi connectivity index (χ0v) is 6.85. The van der Waals surface area contributed by atoms with E-state index in [4.69, 9.17) is 0 Å². The van der Waals surface area contributed by atoms with Crippen LogP contribution in [-0.4, -0.2) is 11.9 Å². The molecular weight excluding hydrogens is 126 g/mol. The van der Waals surface area contributed by atoms with Crippen LogP contribution in [0.15, 0.2) is 0 Å². The van der Waals surface area contributed by atoms with Gasteiger partial charge in [0, 0.05) is 6.04 Å². The van der Waals surface area contributed by atoms with Crippen LogP contribution in [0.3, 0.4) is 0 Å². The van der Waals surface area contributed by atoms with Crippen molar-refractivity contribution in [1.82, 2.24) is 5.32 Å². The number of nitrogens with one attached hydrogen (secondary N) is 1. The van der Waals surface area contributed by atoms with Crippen molar-refractivity contribution in [2.24, 2.45) is 11.8 Å². The maximum atomic E-state index is 10.9. The third kappa shape index (κ3) is 1.02. The Morgan fingerprint density at radius 2 is 2.20 bits per heavy atom. The zero-order valence-electron chi connectivity index (χ0n) is 6.85. The van der Waals surface area contributed by atoms with Gasteiger partial charge < -0.3 is 5.32 Å². The molecule has 0 bridgehead atoms. The van der Waals surface area contributed by atoms with Crippen molar-refractivity contribution in [3.63, 3.8) is 0 Å². The van der Waals surface area contributed by atoms with Gasteiger partial charge in [0.05, 0.1) is 5.92 Å². The predicted octanol–water partition coefficient (Wildman–Crippen LogP) is 1.17. The SMILES string of the molecule is CC[C@@H]1C(=O)N[C@H]1C(C)C. The molecule has 58 valence electrons. The second kappa shape index (κ2) is 2.60. The molecule has 0 aliphatic carbocycles. The van der Waals surface area contributed by atoms with Gasteiger partial charge in [-0.1, -0.05) is 20.8 Å². The summed E-state index contributed by atoms with van der Waals surface area (Å²) in [6, 6.07) is 0.442. The Bertz CT molecular complexity index is 142. The minimum atomic E-state index is 0.237. The molecule has 2 heteroatoms. The van der Waals surface area contributed by atoms with E-state index in [1.54, 1.807) is 0 Å². The summed E-state index contributed by atoms with van der Waals surface area (Å²) in [5.41, 5.74) is 0. The van der Waals surface area contributed by atoms with Crippen LogP contribution < -0.4 is 5.32 Å². The summed E-state index contributed by atoms with van der Waals surface area (Å²) < 4.78 is 0. The summed E-state index contributed by atoms with van der Waals surface area (Å²) in [5.74, 6) is 1.11. The van der Waals surface area contributed by atoms with E-state index in [2.05, 4.69) is 26.1 Å². The highest BCUT2D eigenvalue weighted by Crippen LogP contribution is 2.24. The second-order valence-electron chi connectivity index (χ2n) is 3.29. The summed E-state index contributed by atoms with van der Waals surface area (Å²) in [7, 11) is 0. The lowest BCUT2D eigenvalue weighted by Crippen LogP contribution is -2.60. The first-order valence-corrected chi connectivity index (χ1v) is 3.97. The predicted molar refractivity (Wildman–Crippen MR) is 40.5 cm³/mol. The van der Waals surface area contributed by atoms with Crippen LogP contribution in [0.4, 0.5) is 0 Å². The maximum Gasteiger partial charge on any atom is 0.225 e. The highest BCUT2D eigenvalue weighted by Gasteiger charge is 2.38. The number of amides is 1. The summed E-state index contributed by atoms with van der Waals surface area (Å²) in [6.07, 6.45) is 0.981. The van der Waals surface area contributed by atoms with E-state index in [-0.39, 0.29) is 5.91 Å². The van der Waals surface area contributed by atoms with Crippen LogP contribution in [0.2, 0.25) is 0 Å². The lowest BCUT2D eigenvalue weighted by atomic mass is 9.81. The highest BCUT2D eigenvalue weighted by atomic mass is 16.2. The average molecular weight is 141 g/mol. The van der Waals surface area contributed by atoms with Crippen molar-refractivity contribution >= 4 is 5.91 Å². The molecule has 1 fully saturated rings. The average Bonchev–Trinajstić information content (AvgIpc) is 1.83. The van der Waals surface area contributed by atoms with E-state index < -0.39 is 0 Å². The number of β-lactam (4-membered cyclic amide) rings is 1. The van der Waals surface area contributed by atoms with Crippen LogP contribution in [0.25, 0.3) is 0 Å². The fraction of sp³-hybridized carbons (Fsp3) is 0.875. The molecule has 2 nitrogen and oxygen atoms in total. The highest BCUT2D eigenvalue weighted by molar-refractivity contribution is 5.85. The molecule has 2 atom stereocenters. The van der Waals surface area contributed by atoms with Crippen molar-refractivity contribution < 1.29 is 4.79 Å². The van der Waals surface area contributed by atoms with E-state index in [1.807, 2.05) is 0 Å². The van der Waals surface area contributed by atoms with Gasteiger partial charge in [0.1, 0.15) is 0 Å². The minimum Gasteiger partial charge on any atom is -0.352 e. The number of rotatable bonds is 2. The van der Waals surface area contributed by atoms with E-state index >= 15 is 0 Å². The van der Waals surface area contributed by atoms with Gasteiger partial charge in [0.25, 0.3) is 0 Å². The number of hydrogen-bond donors (Lipinski definition) is 1. The molecule has 1 aliphatic rings. The van der Waals surface area contributed by atoms with Gasteiger partial charge in [-0.15, -0.1) is 0 Å². The molecule has 1 rings (SSSR count). The molecule has 1 N–H and O–H groups in total. The molecule has 0 aromatic heterocycles. The molecule has 1 heterocycles. The van der Waals surface area contributed by atoms with Crippen molar-refractivity contribution in [2.45, 2.75) is 33.2 Å². The topological polar surface area (TPSA) is 29.1 Å². The van der Waals surface area contributed by atoms with Crippen molar-refractivity contribution in [2.75, 3.05) is 0 Å². The maximum absolute atomic E-state index is 10.9. The van der Waals surface area contributed by atoms with E-state index in [0.29, 0.717) is 17.9 Å². The third-order valence-corrected chi connectivity index (χ3v) is 2.24. The van der Waals surface area contributed by atoms with Gasteiger partial charge >= 0.3 is 0 Å². The standard InChI is InChI=1S/C8H15NO/c1-4-6-7(5(2)3)9-8(6)10/h5-7H,4H2,1-3H3,(H,9,10)/t6-,7-/m0/s1. The Morgan fingerprint density at radius 3 is 2.40 bits per heavy atom. The van der Waals surface area contributed by atoms with Crippen molar-refractivity contribution in [1.29, 1.82) is 0 Å². The van der Waals surface area contributed by atoms with E-state index in [0.717, 1.165) is 6.42 Å². The molecule has 0 aromatic rings. The van der Waals surface area contributed by atoms with Crippen molar-refractivity contribution in [3.8, 4) is 0 Å². The van der Waals surface area contributed by atoms with Gasteiger partial charge in [-0.05, 0) is 12.3 Å².